The van der Waals surface area contributed by atoms with Gasteiger partial charge in [0.2, 0.25) is 5.91 Å². The van der Waals surface area contributed by atoms with Gasteiger partial charge in [-0.2, -0.15) is 0 Å². The Balaban J connectivity index is 1.38. The van der Waals surface area contributed by atoms with Gasteiger partial charge in [-0.15, -0.1) is 0 Å². The van der Waals surface area contributed by atoms with E-state index >= 15 is 0 Å². The summed E-state index contributed by atoms with van der Waals surface area (Å²) in [4.78, 5) is 37.1. The van der Waals surface area contributed by atoms with Crippen LogP contribution in [-0.2, 0) is 14.3 Å². The van der Waals surface area contributed by atoms with Crippen LogP contribution in [0.5, 0.6) is 0 Å². The summed E-state index contributed by atoms with van der Waals surface area (Å²) in [6.07, 6.45) is 3.73. The van der Waals surface area contributed by atoms with Crippen LogP contribution in [0.1, 0.15) is 62.5 Å². The van der Waals surface area contributed by atoms with Crippen LogP contribution in [0.15, 0.2) is 48.5 Å². The standard InChI is InChI=1S/C27H32N2O5/c1-2-3-12-23(25(30)28-24(26(31)32)15-17-13-14-17)29-27(33)34-16-22-20-10-6-4-8-18(20)19-9-5-7-11-21(19)22/h4-11,17,22-24H,2-3,12-16H2,1H3,(H,28,30)(H,29,33)(H,31,32)/t23-,24?/m0/s1. The Morgan fingerprint density at radius 2 is 1.59 bits per heavy atom. The van der Waals surface area contributed by atoms with E-state index in [-0.39, 0.29) is 12.5 Å². The number of fused-ring (bicyclic) bond motifs is 3. The van der Waals surface area contributed by atoms with Crippen molar-refractivity contribution in [2.45, 2.75) is 63.5 Å². The Morgan fingerprint density at radius 1 is 0.971 bits per heavy atom. The molecule has 4 rings (SSSR count). The highest BCUT2D eigenvalue weighted by Gasteiger charge is 2.33. The van der Waals surface area contributed by atoms with Gasteiger partial charge >= 0.3 is 12.1 Å². The molecule has 2 amide bonds. The number of rotatable bonds is 11. The fourth-order valence-corrected chi connectivity index (χ4v) is 4.64. The number of carbonyl (C=O) groups excluding carboxylic acids is 2. The van der Waals surface area contributed by atoms with Crippen molar-refractivity contribution in [1.29, 1.82) is 0 Å². The molecule has 180 valence electrons. The highest BCUT2D eigenvalue weighted by atomic mass is 16.5. The summed E-state index contributed by atoms with van der Waals surface area (Å²) in [7, 11) is 0. The quantitative estimate of drug-likeness (QED) is 0.456. The zero-order valence-corrected chi connectivity index (χ0v) is 19.5. The summed E-state index contributed by atoms with van der Waals surface area (Å²) in [5.41, 5.74) is 4.51. The monoisotopic (exact) mass is 464 g/mol. The van der Waals surface area contributed by atoms with E-state index in [0.717, 1.165) is 47.9 Å². The van der Waals surface area contributed by atoms with Crippen LogP contribution in [0.4, 0.5) is 4.79 Å². The van der Waals surface area contributed by atoms with Gasteiger partial charge < -0.3 is 20.5 Å². The topological polar surface area (TPSA) is 105 Å². The lowest BCUT2D eigenvalue weighted by atomic mass is 9.98. The van der Waals surface area contributed by atoms with Crippen LogP contribution in [0.2, 0.25) is 0 Å². The van der Waals surface area contributed by atoms with Crippen molar-refractivity contribution in [3.05, 3.63) is 59.7 Å². The molecule has 0 bridgehead atoms. The number of carboxylic acids is 1. The maximum absolute atomic E-state index is 12.8. The molecule has 2 aromatic rings. The number of carboxylic acid groups (broad SMARTS) is 1. The van der Waals surface area contributed by atoms with E-state index < -0.39 is 30.1 Å². The minimum Gasteiger partial charge on any atom is -0.480 e. The molecule has 2 atom stereocenters. The largest absolute Gasteiger partial charge is 0.480 e. The van der Waals surface area contributed by atoms with Gasteiger partial charge in [0.1, 0.15) is 18.7 Å². The molecule has 1 unspecified atom stereocenters. The van der Waals surface area contributed by atoms with Gasteiger partial charge in [-0.1, -0.05) is 81.1 Å². The van der Waals surface area contributed by atoms with E-state index in [9.17, 15) is 19.5 Å². The number of amides is 2. The Morgan fingerprint density at radius 3 is 2.15 bits per heavy atom. The number of ether oxygens (including phenoxy) is 1. The third-order valence-corrected chi connectivity index (χ3v) is 6.68. The average molecular weight is 465 g/mol. The van der Waals surface area contributed by atoms with Crippen molar-refractivity contribution in [2.75, 3.05) is 6.61 Å². The maximum Gasteiger partial charge on any atom is 0.407 e. The molecule has 0 aromatic heterocycles. The van der Waals surface area contributed by atoms with E-state index in [2.05, 4.69) is 22.8 Å². The molecule has 0 saturated heterocycles. The van der Waals surface area contributed by atoms with Crippen LogP contribution < -0.4 is 10.6 Å². The van der Waals surface area contributed by atoms with E-state index in [1.54, 1.807) is 0 Å². The van der Waals surface area contributed by atoms with Crippen LogP contribution in [0.3, 0.4) is 0 Å². The van der Waals surface area contributed by atoms with Crippen molar-refractivity contribution in [3.63, 3.8) is 0 Å². The Bertz CT molecular complexity index is 1000. The van der Waals surface area contributed by atoms with E-state index in [4.69, 9.17) is 4.74 Å². The van der Waals surface area contributed by atoms with Crippen LogP contribution in [0.25, 0.3) is 11.1 Å². The number of hydrogen-bond acceptors (Lipinski definition) is 4. The molecule has 7 heteroatoms. The molecule has 2 aliphatic carbocycles. The van der Waals surface area contributed by atoms with E-state index in [1.807, 2.05) is 43.3 Å². The van der Waals surface area contributed by atoms with Crippen LogP contribution in [-0.4, -0.2) is 41.8 Å². The molecule has 3 N–H and O–H groups in total. The fourth-order valence-electron chi connectivity index (χ4n) is 4.64. The lowest BCUT2D eigenvalue weighted by molar-refractivity contribution is -0.142. The van der Waals surface area contributed by atoms with Crippen molar-refractivity contribution < 1.29 is 24.2 Å². The number of hydrogen-bond donors (Lipinski definition) is 3. The summed E-state index contributed by atoms with van der Waals surface area (Å²) in [6.45, 7) is 2.15. The first kappa shape index (κ1) is 23.8. The molecule has 0 spiro atoms. The molecule has 2 aromatic carbocycles. The first-order valence-corrected chi connectivity index (χ1v) is 12.1. The van der Waals surface area contributed by atoms with Gasteiger partial charge in [-0.3, -0.25) is 4.79 Å². The van der Waals surface area contributed by atoms with Gasteiger partial charge in [-0.05, 0) is 41.0 Å². The highest BCUT2D eigenvalue weighted by Crippen LogP contribution is 2.44. The third kappa shape index (κ3) is 5.58. The molecule has 34 heavy (non-hydrogen) atoms. The summed E-state index contributed by atoms with van der Waals surface area (Å²) < 4.78 is 5.58. The summed E-state index contributed by atoms with van der Waals surface area (Å²) >= 11 is 0. The Labute approximate surface area is 199 Å². The zero-order valence-electron chi connectivity index (χ0n) is 19.5. The second-order valence-corrected chi connectivity index (χ2v) is 9.24. The number of benzene rings is 2. The van der Waals surface area contributed by atoms with Gasteiger partial charge in [0.05, 0.1) is 0 Å². The minimum absolute atomic E-state index is 0.0731. The Hall–Kier alpha value is -3.35. The van der Waals surface area contributed by atoms with Gasteiger partial charge in [-0.25, -0.2) is 9.59 Å². The predicted octanol–water partition coefficient (Wildman–Crippen LogP) is 4.45. The third-order valence-electron chi connectivity index (χ3n) is 6.68. The summed E-state index contributed by atoms with van der Waals surface area (Å²) in [5.74, 6) is -1.24. The lowest BCUT2D eigenvalue weighted by Gasteiger charge is -2.22. The van der Waals surface area contributed by atoms with Gasteiger partial charge in [0, 0.05) is 5.92 Å². The second-order valence-electron chi connectivity index (χ2n) is 9.24. The van der Waals surface area contributed by atoms with Gasteiger partial charge in [0.25, 0.3) is 0 Å². The van der Waals surface area contributed by atoms with E-state index in [1.165, 1.54) is 0 Å². The SMILES string of the molecule is CCCC[C@H](NC(=O)OCC1c2ccccc2-c2ccccc21)C(=O)NC(CC1CC1)C(=O)O. The first-order valence-electron chi connectivity index (χ1n) is 12.1. The number of alkyl carbamates (subject to hydrolysis) is 1. The van der Waals surface area contributed by atoms with Gasteiger partial charge in [0.15, 0.2) is 0 Å². The molecule has 2 aliphatic rings. The molecule has 7 nitrogen and oxygen atoms in total. The summed E-state index contributed by atoms with van der Waals surface area (Å²) in [6, 6.07) is 14.4. The molecular weight excluding hydrogens is 432 g/mol. The number of nitrogens with one attached hydrogen (secondary N) is 2. The van der Waals surface area contributed by atoms with E-state index in [0.29, 0.717) is 18.8 Å². The number of aliphatic carboxylic acids is 1. The molecule has 0 heterocycles. The fraction of sp³-hybridized carbons (Fsp3) is 0.444. The first-order chi connectivity index (χ1) is 16.5. The molecule has 0 aliphatic heterocycles. The minimum atomic E-state index is -1.05. The summed E-state index contributed by atoms with van der Waals surface area (Å²) in [5, 5.41) is 14.8. The van der Waals surface area contributed by atoms with Crippen LogP contribution >= 0.6 is 0 Å². The maximum atomic E-state index is 12.8. The number of carbonyl (C=O) groups is 3. The smallest absolute Gasteiger partial charge is 0.407 e. The molecular formula is C27H32N2O5. The molecule has 0 radical (unpaired) electrons. The normalized spacial score (nSPS) is 16.1. The Kier molecular flexibility index (Phi) is 7.50. The van der Waals surface area contributed by atoms with Crippen molar-refractivity contribution >= 4 is 18.0 Å². The molecule has 1 fully saturated rings. The predicted molar refractivity (Wildman–Crippen MR) is 128 cm³/mol. The zero-order chi connectivity index (χ0) is 24.1. The average Bonchev–Trinajstić information content (AvgIpc) is 3.60. The molecule has 1 saturated carbocycles. The van der Waals surface area contributed by atoms with Crippen molar-refractivity contribution in [3.8, 4) is 11.1 Å². The van der Waals surface area contributed by atoms with Crippen LogP contribution in [0, 0.1) is 5.92 Å². The second kappa shape index (κ2) is 10.7. The lowest BCUT2D eigenvalue weighted by Crippen LogP contribution is -2.51. The highest BCUT2D eigenvalue weighted by molar-refractivity contribution is 5.89. The number of unbranched alkanes of at least 4 members (excludes halogenated alkanes) is 1. The van der Waals surface area contributed by atoms with Crippen molar-refractivity contribution in [2.24, 2.45) is 5.92 Å². The van der Waals surface area contributed by atoms with Crippen molar-refractivity contribution in [1.82, 2.24) is 10.6 Å².